The first-order chi connectivity index (χ1) is 11.1. The number of benzene rings is 1. The zero-order valence-corrected chi connectivity index (χ0v) is 14.6. The molecule has 0 spiro atoms. The predicted molar refractivity (Wildman–Crippen MR) is 97.0 cm³/mol. The first-order valence-electron chi connectivity index (χ1n) is 7.88. The van der Waals surface area contributed by atoms with Crippen molar-refractivity contribution in [1.82, 2.24) is 15.5 Å². The van der Waals surface area contributed by atoms with Crippen molar-refractivity contribution in [3.63, 3.8) is 0 Å². The van der Waals surface area contributed by atoms with Crippen LogP contribution in [0.4, 0.5) is 4.79 Å². The molecule has 0 saturated carbocycles. The molecule has 0 radical (unpaired) electrons. The molecule has 1 heterocycles. The molecule has 1 aromatic carbocycles. The Labute approximate surface area is 142 Å². The van der Waals surface area contributed by atoms with Gasteiger partial charge in [0.15, 0.2) is 0 Å². The summed E-state index contributed by atoms with van der Waals surface area (Å²) in [6.45, 7) is 1.29. The monoisotopic (exact) mass is 331 g/mol. The van der Waals surface area contributed by atoms with E-state index in [0.29, 0.717) is 13.1 Å². The SMILES string of the molecule is CN(C)[C@H](CNC(=O)NCCc1ccsc1)Cc1ccccc1. The largest absolute Gasteiger partial charge is 0.338 e. The van der Waals surface area contributed by atoms with Gasteiger partial charge < -0.3 is 15.5 Å². The van der Waals surface area contributed by atoms with E-state index in [0.717, 1.165) is 12.8 Å². The highest BCUT2D eigenvalue weighted by atomic mass is 32.1. The van der Waals surface area contributed by atoms with E-state index in [1.807, 2.05) is 32.3 Å². The summed E-state index contributed by atoms with van der Waals surface area (Å²) in [6.07, 6.45) is 1.79. The summed E-state index contributed by atoms with van der Waals surface area (Å²) < 4.78 is 0. The fraction of sp³-hybridized carbons (Fsp3) is 0.389. The van der Waals surface area contributed by atoms with Gasteiger partial charge in [0, 0.05) is 19.1 Å². The van der Waals surface area contributed by atoms with Gasteiger partial charge in [-0.3, -0.25) is 0 Å². The van der Waals surface area contributed by atoms with Crippen LogP contribution in [-0.4, -0.2) is 44.2 Å². The Hall–Kier alpha value is -1.85. The van der Waals surface area contributed by atoms with Crippen molar-refractivity contribution in [2.24, 2.45) is 0 Å². The maximum Gasteiger partial charge on any atom is 0.314 e. The third-order valence-electron chi connectivity index (χ3n) is 3.82. The van der Waals surface area contributed by atoms with Crippen molar-refractivity contribution in [2.45, 2.75) is 18.9 Å². The van der Waals surface area contributed by atoms with Gasteiger partial charge in [-0.2, -0.15) is 11.3 Å². The van der Waals surface area contributed by atoms with E-state index < -0.39 is 0 Å². The molecule has 0 aliphatic heterocycles. The molecule has 1 aromatic heterocycles. The highest BCUT2D eigenvalue weighted by Crippen LogP contribution is 2.07. The van der Waals surface area contributed by atoms with Crippen LogP contribution in [0.25, 0.3) is 0 Å². The topological polar surface area (TPSA) is 44.4 Å². The minimum absolute atomic E-state index is 0.0971. The molecule has 23 heavy (non-hydrogen) atoms. The van der Waals surface area contributed by atoms with Crippen LogP contribution in [-0.2, 0) is 12.8 Å². The Morgan fingerprint density at radius 1 is 1.13 bits per heavy atom. The van der Waals surface area contributed by atoms with Gasteiger partial charge in [-0.25, -0.2) is 4.79 Å². The van der Waals surface area contributed by atoms with E-state index in [1.54, 1.807) is 11.3 Å². The average molecular weight is 331 g/mol. The summed E-state index contributed by atoms with van der Waals surface area (Å²) in [7, 11) is 4.09. The second-order valence-electron chi connectivity index (χ2n) is 5.83. The molecule has 124 valence electrons. The number of carbonyl (C=O) groups excluding carboxylic acids is 1. The second-order valence-corrected chi connectivity index (χ2v) is 6.61. The number of rotatable bonds is 8. The molecule has 4 nitrogen and oxygen atoms in total. The molecular weight excluding hydrogens is 306 g/mol. The smallest absolute Gasteiger partial charge is 0.314 e. The van der Waals surface area contributed by atoms with E-state index in [-0.39, 0.29) is 12.1 Å². The number of amides is 2. The Morgan fingerprint density at radius 2 is 1.91 bits per heavy atom. The minimum atomic E-state index is -0.0971. The van der Waals surface area contributed by atoms with E-state index in [1.165, 1.54) is 11.1 Å². The molecule has 2 aromatic rings. The van der Waals surface area contributed by atoms with Gasteiger partial charge in [0.05, 0.1) is 0 Å². The third-order valence-corrected chi connectivity index (χ3v) is 4.55. The molecule has 1 atom stereocenters. The standard InChI is InChI=1S/C18H25N3OS/c1-21(2)17(12-15-6-4-3-5-7-15)13-20-18(22)19-10-8-16-9-11-23-14-16/h3-7,9,11,14,17H,8,10,12-13H2,1-2H3,(H2,19,20,22)/t17-/m0/s1. The molecule has 0 fully saturated rings. The summed E-state index contributed by atoms with van der Waals surface area (Å²) in [4.78, 5) is 14.1. The third kappa shape index (κ3) is 6.42. The Kier molecular flexibility index (Phi) is 7.10. The van der Waals surface area contributed by atoms with Crippen LogP contribution < -0.4 is 10.6 Å². The molecule has 0 aliphatic rings. The Morgan fingerprint density at radius 3 is 2.57 bits per heavy atom. The first-order valence-corrected chi connectivity index (χ1v) is 8.82. The van der Waals surface area contributed by atoms with Crippen LogP contribution in [0.5, 0.6) is 0 Å². The number of hydrogen-bond acceptors (Lipinski definition) is 3. The number of likely N-dealkylation sites (N-methyl/N-ethyl adjacent to an activating group) is 1. The van der Waals surface area contributed by atoms with Crippen molar-refractivity contribution >= 4 is 17.4 Å². The molecule has 2 N–H and O–H groups in total. The van der Waals surface area contributed by atoms with E-state index >= 15 is 0 Å². The molecule has 0 aliphatic carbocycles. The number of hydrogen-bond donors (Lipinski definition) is 2. The molecule has 0 bridgehead atoms. The van der Waals surface area contributed by atoms with Gasteiger partial charge in [0.2, 0.25) is 0 Å². The lowest BCUT2D eigenvalue weighted by molar-refractivity contribution is 0.232. The van der Waals surface area contributed by atoms with Crippen LogP contribution in [0, 0.1) is 0 Å². The molecule has 2 amide bonds. The number of carbonyl (C=O) groups is 1. The van der Waals surface area contributed by atoms with Gasteiger partial charge >= 0.3 is 6.03 Å². The lowest BCUT2D eigenvalue weighted by Gasteiger charge is -2.24. The van der Waals surface area contributed by atoms with Gasteiger partial charge in [-0.15, -0.1) is 0 Å². The van der Waals surface area contributed by atoms with E-state index in [4.69, 9.17) is 0 Å². The van der Waals surface area contributed by atoms with Gasteiger partial charge in [-0.05, 0) is 54.9 Å². The quantitative estimate of drug-likeness (QED) is 0.781. The van der Waals surface area contributed by atoms with Crippen molar-refractivity contribution in [3.05, 3.63) is 58.3 Å². The van der Waals surface area contributed by atoms with Crippen LogP contribution in [0.3, 0.4) is 0 Å². The maximum absolute atomic E-state index is 11.9. The fourth-order valence-electron chi connectivity index (χ4n) is 2.35. The number of thiophene rings is 1. The average Bonchev–Trinajstić information content (AvgIpc) is 3.05. The second kappa shape index (κ2) is 9.33. The van der Waals surface area contributed by atoms with Crippen molar-refractivity contribution in [3.8, 4) is 0 Å². The summed E-state index contributed by atoms with van der Waals surface area (Å²) in [5.41, 5.74) is 2.55. The summed E-state index contributed by atoms with van der Waals surface area (Å²) in [5, 5.41) is 10.1. The van der Waals surface area contributed by atoms with Crippen LogP contribution in [0.15, 0.2) is 47.2 Å². The normalized spacial score (nSPS) is 12.1. The summed E-state index contributed by atoms with van der Waals surface area (Å²) >= 11 is 1.68. The maximum atomic E-state index is 11.9. The lowest BCUT2D eigenvalue weighted by Crippen LogP contribution is -2.45. The van der Waals surface area contributed by atoms with Crippen molar-refractivity contribution in [1.29, 1.82) is 0 Å². The van der Waals surface area contributed by atoms with Crippen LogP contribution in [0.2, 0.25) is 0 Å². The number of urea groups is 1. The zero-order valence-electron chi connectivity index (χ0n) is 13.8. The van der Waals surface area contributed by atoms with Crippen LogP contribution in [0.1, 0.15) is 11.1 Å². The molecule has 5 heteroatoms. The van der Waals surface area contributed by atoms with Gasteiger partial charge in [0.25, 0.3) is 0 Å². The summed E-state index contributed by atoms with van der Waals surface area (Å²) in [5.74, 6) is 0. The van der Waals surface area contributed by atoms with E-state index in [9.17, 15) is 4.79 Å². The fourth-order valence-corrected chi connectivity index (χ4v) is 3.05. The zero-order chi connectivity index (χ0) is 16.5. The molecule has 0 unspecified atom stereocenters. The van der Waals surface area contributed by atoms with Gasteiger partial charge in [-0.1, -0.05) is 30.3 Å². The molecule has 0 saturated heterocycles. The number of nitrogens with zero attached hydrogens (tertiary/aromatic N) is 1. The Balaban J connectivity index is 1.71. The summed E-state index contributed by atoms with van der Waals surface area (Å²) in [6, 6.07) is 12.6. The lowest BCUT2D eigenvalue weighted by atomic mass is 10.1. The van der Waals surface area contributed by atoms with Crippen LogP contribution >= 0.6 is 11.3 Å². The number of nitrogens with one attached hydrogen (secondary N) is 2. The highest BCUT2D eigenvalue weighted by Gasteiger charge is 2.13. The first kappa shape index (κ1) is 17.5. The predicted octanol–water partition coefficient (Wildman–Crippen LogP) is 2.76. The molecule has 2 rings (SSSR count). The van der Waals surface area contributed by atoms with Crippen molar-refractivity contribution in [2.75, 3.05) is 27.2 Å². The van der Waals surface area contributed by atoms with Gasteiger partial charge in [0.1, 0.15) is 0 Å². The van der Waals surface area contributed by atoms with Crippen molar-refractivity contribution < 1.29 is 4.79 Å². The Bertz CT molecular complexity index is 569. The van der Waals surface area contributed by atoms with E-state index in [2.05, 4.69) is 44.5 Å². The molecular formula is C18H25N3OS. The highest BCUT2D eigenvalue weighted by molar-refractivity contribution is 7.07. The minimum Gasteiger partial charge on any atom is -0.338 e.